The van der Waals surface area contributed by atoms with Crippen LogP contribution in [0.1, 0.15) is 6.92 Å². The van der Waals surface area contributed by atoms with Gasteiger partial charge >= 0.3 is 7.75 Å². The maximum Gasteiger partial charge on any atom is 0.445 e. The molecule has 0 rings (SSSR count). The SMILES string of the molecule is CC(=O)NP(=O)(O)OSO. The van der Waals surface area contributed by atoms with Crippen LogP contribution in [0.15, 0.2) is 0 Å². The first-order valence-electron chi connectivity index (χ1n) is 2.09. The molecular formula is C2H6NO5PS. The molecule has 0 saturated carbocycles. The van der Waals surface area contributed by atoms with Crippen LogP contribution in [0.3, 0.4) is 0 Å². The molecule has 6 nitrogen and oxygen atoms in total. The maximum absolute atomic E-state index is 10.4. The molecule has 1 amide bonds. The summed E-state index contributed by atoms with van der Waals surface area (Å²) in [4.78, 5) is 18.6. The van der Waals surface area contributed by atoms with E-state index in [0.29, 0.717) is 0 Å². The Kier molecular flexibility index (Phi) is 3.92. The minimum Gasteiger partial charge on any atom is -0.307 e. The third kappa shape index (κ3) is 4.78. The van der Waals surface area contributed by atoms with Gasteiger partial charge < -0.3 is 9.45 Å². The highest BCUT2D eigenvalue weighted by Crippen LogP contribution is 2.40. The Balaban J connectivity index is 3.87. The van der Waals surface area contributed by atoms with Crippen molar-refractivity contribution in [1.82, 2.24) is 5.09 Å². The number of hydrogen-bond donors (Lipinski definition) is 3. The smallest absolute Gasteiger partial charge is 0.307 e. The third-order valence-corrected chi connectivity index (χ3v) is 2.11. The lowest BCUT2D eigenvalue weighted by atomic mass is 10.8. The van der Waals surface area contributed by atoms with Crippen LogP contribution >= 0.6 is 20.1 Å². The van der Waals surface area contributed by atoms with Crippen molar-refractivity contribution in [2.45, 2.75) is 6.92 Å². The molecule has 0 aliphatic carbocycles. The minimum absolute atomic E-state index is 0.277. The van der Waals surface area contributed by atoms with Crippen LogP contribution in [0, 0.1) is 0 Å². The van der Waals surface area contributed by atoms with Crippen LogP contribution in [-0.4, -0.2) is 15.4 Å². The van der Waals surface area contributed by atoms with E-state index < -0.39 is 13.7 Å². The quantitative estimate of drug-likeness (QED) is 0.436. The van der Waals surface area contributed by atoms with Crippen LogP contribution in [0.25, 0.3) is 0 Å². The van der Waals surface area contributed by atoms with Crippen molar-refractivity contribution < 1.29 is 22.8 Å². The molecule has 0 aliphatic rings. The van der Waals surface area contributed by atoms with E-state index in [0.717, 1.165) is 6.92 Å². The van der Waals surface area contributed by atoms with Crippen molar-refractivity contribution in [2.75, 3.05) is 0 Å². The van der Waals surface area contributed by atoms with Gasteiger partial charge in [0.15, 0.2) is 12.3 Å². The molecule has 60 valence electrons. The molecule has 0 spiro atoms. The summed E-state index contributed by atoms with van der Waals surface area (Å²) in [6.45, 7) is 1.05. The van der Waals surface area contributed by atoms with E-state index >= 15 is 0 Å². The lowest BCUT2D eigenvalue weighted by Crippen LogP contribution is -2.16. The first kappa shape index (κ1) is 9.93. The van der Waals surface area contributed by atoms with E-state index in [1.165, 1.54) is 0 Å². The topological polar surface area (TPSA) is 95.9 Å². The van der Waals surface area contributed by atoms with Gasteiger partial charge in [-0.15, -0.1) is 0 Å². The van der Waals surface area contributed by atoms with E-state index in [4.69, 9.17) is 9.45 Å². The summed E-state index contributed by atoms with van der Waals surface area (Å²) in [5.74, 6) is -0.708. The number of nitrogens with one attached hydrogen (secondary N) is 1. The monoisotopic (exact) mass is 187 g/mol. The van der Waals surface area contributed by atoms with Crippen molar-refractivity contribution in [2.24, 2.45) is 0 Å². The van der Waals surface area contributed by atoms with Crippen LogP contribution in [0.5, 0.6) is 0 Å². The summed E-state index contributed by atoms with van der Waals surface area (Å²) in [6, 6.07) is 0. The van der Waals surface area contributed by atoms with Gasteiger partial charge in [-0.2, -0.15) is 3.97 Å². The van der Waals surface area contributed by atoms with E-state index in [1.54, 1.807) is 5.09 Å². The van der Waals surface area contributed by atoms with Crippen molar-refractivity contribution >= 4 is 26.0 Å². The maximum atomic E-state index is 10.4. The third-order valence-electron chi connectivity index (χ3n) is 0.433. The van der Waals surface area contributed by atoms with Crippen LogP contribution in [0.4, 0.5) is 0 Å². The van der Waals surface area contributed by atoms with Gasteiger partial charge in [-0.05, 0) is 0 Å². The molecule has 0 fully saturated rings. The van der Waals surface area contributed by atoms with Gasteiger partial charge in [0, 0.05) is 6.92 Å². The summed E-state index contributed by atoms with van der Waals surface area (Å²) < 4.78 is 22.2. The van der Waals surface area contributed by atoms with E-state index in [1.807, 2.05) is 0 Å². The molecule has 8 heteroatoms. The highest BCUT2D eigenvalue weighted by atomic mass is 32.2. The Hall–Kier alpha value is -0.0700. The van der Waals surface area contributed by atoms with Gasteiger partial charge in [0.2, 0.25) is 5.91 Å². The second-order valence-electron chi connectivity index (χ2n) is 1.34. The molecule has 0 aromatic heterocycles. The molecule has 0 heterocycles. The Morgan fingerprint density at radius 2 is 2.30 bits per heavy atom. The van der Waals surface area contributed by atoms with E-state index in [9.17, 15) is 9.36 Å². The fourth-order valence-electron chi connectivity index (χ4n) is 0.263. The van der Waals surface area contributed by atoms with Gasteiger partial charge in [0.1, 0.15) is 0 Å². The van der Waals surface area contributed by atoms with Gasteiger partial charge in [0.05, 0.1) is 0 Å². The molecule has 0 bridgehead atoms. The normalized spacial score (nSPS) is 15.9. The predicted molar refractivity (Wildman–Crippen MR) is 34.9 cm³/mol. The molecule has 0 aliphatic heterocycles. The standard InChI is InChI=1S/C2H6NO5PS/c1-2(4)3-9(5,6)8-10-7/h7H,1H3,(H2,3,4,5,6). The highest BCUT2D eigenvalue weighted by Gasteiger charge is 2.20. The fraction of sp³-hybridized carbons (Fsp3) is 0.500. The molecule has 1 unspecified atom stereocenters. The van der Waals surface area contributed by atoms with Crippen molar-refractivity contribution in [3.05, 3.63) is 0 Å². The molecule has 10 heavy (non-hydrogen) atoms. The Bertz CT molecular complexity index is 171. The van der Waals surface area contributed by atoms with Crippen molar-refractivity contribution in [3.8, 4) is 0 Å². The lowest BCUT2D eigenvalue weighted by Gasteiger charge is -2.06. The average Bonchev–Trinajstić information content (AvgIpc) is 1.59. The number of rotatable bonds is 3. The molecule has 0 saturated heterocycles. The minimum atomic E-state index is -4.14. The number of carbonyl (C=O) groups excluding carboxylic acids is 1. The largest absolute Gasteiger partial charge is 0.445 e. The first-order chi connectivity index (χ1) is 4.48. The number of hydrogen-bond acceptors (Lipinski definition) is 5. The summed E-state index contributed by atoms with van der Waals surface area (Å²) in [5.41, 5.74) is 0. The molecule has 0 aromatic rings. The molecular weight excluding hydrogens is 181 g/mol. The second-order valence-corrected chi connectivity index (χ2v) is 3.35. The van der Waals surface area contributed by atoms with Gasteiger partial charge in [-0.25, -0.2) is 4.57 Å². The molecule has 0 aromatic carbocycles. The van der Waals surface area contributed by atoms with E-state index in [2.05, 4.69) is 3.97 Å². The van der Waals surface area contributed by atoms with Gasteiger partial charge in [-0.3, -0.25) is 9.88 Å². The van der Waals surface area contributed by atoms with Gasteiger partial charge in [0.25, 0.3) is 0 Å². The number of carbonyl (C=O) groups is 1. The second kappa shape index (κ2) is 3.95. The fourth-order valence-corrected chi connectivity index (χ4v) is 1.17. The zero-order valence-corrected chi connectivity index (χ0v) is 6.69. The Morgan fingerprint density at radius 3 is 2.60 bits per heavy atom. The van der Waals surface area contributed by atoms with Crippen molar-refractivity contribution in [1.29, 1.82) is 0 Å². The Labute approximate surface area is 61.6 Å². The molecule has 3 N–H and O–H groups in total. The van der Waals surface area contributed by atoms with Crippen LogP contribution < -0.4 is 5.09 Å². The van der Waals surface area contributed by atoms with Crippen LogP contribution in [-0.2, 0) is 13.3 Å². The summed E-state index contributed by atoms with van der Waals surface area (Å²) in [6.07, 6.45) is 0. The van der Waals surface area contributed by atoms with Crippen LogP contribution in [0.2, 0.25) is 0 Å². The first-order valence-corrected chi connectivity index (χ1v) is 4.37. The number of amides is 1. The Morgan fingerprint density at radius 1 is 1.80 bits per heavy atom. The summed E-state index contributed by atoms with van der Waals surface area (Å²) >= 11 is -0.277. The molecule has 1 atom stereocenters. The predicted octanol–water partition coefficient (Wildman–Crippen LogP) is 0.361. The van der Waals surface area contributed by atoms with Gasteiger partial charge in [-0.1, -0.05) is 0 Å². The average molecular weight is 187 g/mol. The lowest BCUT2D eigenvalue weighted by molar-refractivity contribution is -0.117. The zero-order valence-electron chi connectivity index (χ0n) is 4.97. The highest BCUT2D eigenvalue weighted by molar-refractivity contribution is 7.93. The zero-order chi connectivity index (χ0) is 8.20. The van der Waals surface area contributed by atoms with Crippen molar-refractivity contribution in [3.63, 3.8) is 0 Å². The summed E-state index contributed by atoms with van der Waals surface area (Å²) in [7, 11) is -4.14. The van der Waals surface area contributed by atoms with E-state index in [-0.39, 0.29) is 12.3 Å². The summed E-state index contributed by atoms with van der Waals surface area (Å²) in [5, 5.41) is 1.59. The molecule has 0 radical (unpaired) electrons.